The molecule has 1 saturated heterocycles. The summed E-state index contributed by atoms with van der Waals surface area (Å²) in [6.45, 7) is 11.0. The largest absolute Gasteiger partial charge is 0.493 e. The number of pyridine rings is 1. The van der Waals surface area contributed by atoms with Gasteiger partial charge in [0.2, 0.25) is 0 Å². The van der Waals surface area contributed by atoms with E-state index in [9.17, 15) is 18.8 Å². The van der Waals surface area contributed by atoms with Gasteiger partial charge in [0, 0.05) is 51.7 Å². The van der Waals surface area contributed by atoms with E-state index < -0.39 is 23.0 Å². The highest BCUT2D eigenvalue weighted by atomic mass is 19.1. The van der Waals surface area contributed by atoms with Crippen molar-refractivity contribution in [2.24, 2.45) is 5.92 Å². The van der Waals surface area contributed by atoms with Crippen molar-refractivity contribution in [1.82, 2.24) is 23.9 Å². The molecular formula is C44H50FN5O5. The van der Waals surface area contributed by atoms with Crippen molar-refractivity contribution < 1.29 is 18.7 Å². The lowest BCUT2D eigenvalue weighted by Crippen LogP contribution is -2.48. The Morgan fingerprint density at radius 3 is 2.29 bits per heavy atom. The van der Waals surface area contributed by atoms with Gasteiger partial charge in [0.25, 0.3) is 5.56 Å². The van der Waals surface area contributed by atoms with Gasteiger partial charge in [-0.15, -0.1) is 0 Å². The molecule has 0 radical (unpaired) electrons. The standard InChI is InChI=1S/C44H50FN5O5/c1-29(2)48-22-20-47(21-23-48)28-33-10-15-34(16-11-33)35-6-5-7-38(25-35)49-42-39(26-36(45)27-46-42)43(52)50(44(49)53)37-17-12-31(13-18-37)8-9-32-14-19-40(54-4)41(24-32)55-30(3)51/h5-7,10-11,14-16,19,24-27,29,31,37H,8-9,12-13,17-18,20-23,28H2,1-4H3. The van der Waals surface area contributed by atoms with Crippen LogP contribution in [0.5, 0.6) is 11.5 Å². The molecule has 288 valence electrons. The summed E-state index contributed by atoms with van der Waals surface area (Å²) >= 11 is 0. The van der Waals surface area contributed by atoms with Crippen LogP contribution in [0.25, 0.3) is 27.8 Å². The van der Waals surface area contributed by atoms with Gasteiger partial charge in [-0.3, -0.25) is 24.0 Å². The summed E-state index contributed by atoms with van der Waals surface area (Å²) in [6, 6.07) is 23.3. The van der Waals surface area contributed by atoms with Gasteiger partial charge in [0.15, 0.2) is 17.1 Å². The van der Waals surface area contributed by atoms with Crippen molar-refractivity contribution in [3.63, 3.8) is 0 Å². The Labute approximate surface area is 321 Å². The van der Waals surface area contributed by atoms with E-state index in [1.165, 1.54) is 34.8 Å². The number of piperazine rings is 1. The summed E-state index contributed by atoms with van der Waals surface area (Å²) in [5.74, 6) is 0.264. The zero-order valence-electron chi connectivity index (χ0n) is 32.2. The second-order valence-electron chi connectivity index (χ2n) is 15.3. The third kappa shape index (κ3) is 8.58. The first-order valence-corrected chi connectivity index (χ1v) is 19.4. The van der Waals surface area contributed by atoms with Crippen LogP contribution in [0.3, 0.4) is 0 Å². The molecule has 5 aromatic rings. The number of aryl methyl sites for hydroxylation is 1. The van der Waals surface area contributed by atoms with Crippen molar-refractivity contribution in [2.45, 2.75) is 77.9 Å². The molecule has 7 rings (SSSR count). The van der Waals surface area contributed by atoms with Crippen LogP contribution < -0.4 is 20.7 Å². The van der Waals surface area contributed by atoms with E-state index in [0.717, 1.165) is 81.3 Å². The smallest absolute Gasteiger partial charge is 0.337 e. The first-order chi connectivity index (χ1) is 26.6. The number of halogens is 1. The minimum absolute atomic E-state index is 0.0776. The number of ether oxygens (including phenoxy) is 2. The summed E-state index contributed by atoms with van der Waals surface area (Å²) in [5, 5.41) is 0.0776. The molecule has 3 aromatic carbocycles. The molecule has 0 amide bonds. The lowest BCUT2D eigenvalue weighted by molar-refractivity contribution is -0.132. The highest BCUT2D eigenvalue weighted by Crippen LogP contribution is 2.35. The number of hydrogen-bond donors (Lipinski definition) is 0. The van der Waals surface area contributed by atoms with Crippen LogP contribution in [0, 0.1) is 11.7 Å². The lowest BCUT2D eigenvalue weighted by Gasteiger charge is -2.36. The number of fused-ring (bicyclic) bond motifs is 1. The monoisotopic (exact) mass is 747 g/mol. The zero-order valence-corrected chi connectivity index (χ0v) is 32.2. The molecule has 0 atom stereocenters. The van der Waals surface area contributed by atoms with E-state index in [1.54, 1.807) is 0 Å². The zero-order chi connectivity index (χ0) is 38.6. The van der Waals surface area contributed by atoms with Crippen molar-refractivity contribution in [1.29, 1.82) is 0 Å². The SMILES string of the molecule is COc1ccc(CCC2CCC(n3c(=O)c4cc(F)cnc4n(-c4cccc(-c5ccc(CN6CCN(C(C)C)CC6)cc5)c4)c3=O)CC2)cc1OC(C)=O. The van der Waals surface area contributed by atoms with E-state index in [4.69, 9.17) is 9.47 Å². The van der Waals surface area contributed by atoms with Crippen LogP contribution >= 0.6 is 0 Å². The highest BCUT2D eigenvalue weighted by molar-refractivity contribution is 5.76. The number of rotatable bonds is 11. The minimum atomic E-state index is -0.629. The van der Waals surface area contributed by atoms with E-state index in [1.807, 2.05) is 42.5 Å². The van der Waals surface area contributed by atoms with Crippen molar-refractivity contribution >= 4 is 17.0 Å². The maximum absolute atomic E-state index is 14.6. The molecule has 2 fully saturated rings. The molecule has 2 aliphatic rings. The summed E-state index contributed by atoms with van der Waals surface area (Å²) in [6.07, 6.45) is 5.72. The Hall–Kier alpha value is -5.13. The molecule has 3 heterocycles. The van der Waals surface area contributed by atoms with Gasteiger partial charge in [-0.1, -0.05) is 42.5 Å². The molecule has 10 nitrogen and oxygen atoms in total. The number of carbonyl (C=O) groups is 1. The van der Waals surface area contributed by atoms with E-state index in [0.29, 0.717) is 42.0 Å². The molecule has 11 heteroatoms. The van der Waals surface area contributed by atoms with Crippen LogP contribution in [-0.4, -0.2) is 69.2 Å². The first kappa shape index (κ1) is 38.2. The Bertz CT molecular complexity index is 2270. The Morgan fingerprint density at radius 2 is 1.60 bits per heavy atom. The number of nitrogens with zero attached hydrogens (tertiary/aromatic N) is 5. The number of benzene rings is 3. The van der Waals surface area contributed by atoms with Crippen LogP contribution in [0.4, 0.5) is 4.39 Å². The molecule has 55 heavy (non-hydrogen) atoms. The fourth-order valence-corrected chi connectivity index (χ4v) is 8.23. The summed E-state index contributed by atoms with van der Waals surface area (Å²) in [7, 11) is 1.54. The topological polar surface area (TPSA) is 98.9 Å². The number of hydrogen-bond acceptors (Lipinski definition) is 8. The van der Waals surface area contributed by atoms with Crippen molar-refractivity contribution in [3.8, 4) is 28.3 Å². The van der Waals surface area contributed by atoms with Crippen LogP contribution in [0.15, 0.2) is 88.6 Å². The predicted octanol–water partition coefficient (Wildman–Crippen LogP) is 7.18. The van der Waals surface area contributed by atoms with Gasteiger partial charge < -0.3 is 9.47 Å². The molecule has 1 aliphatic carbocycles. The van der Waals surface area contributed by atoms with Crippen LogP contribution in [0.1, 0.15) is 70.0 Å². The molecule has 2 aromatic heterocycles. The lowest BCUT2D eigenvalue weighted by atomic mass is 9.82. The Morgan fingerprint density at radius 1 is 0.873 bits per heavy atom. The average Bonchev–Trinajstić information content (AvgIpc) is 3.18. The minimum Gasteiger partial charge on any atom is -0.493 e. The third-order valence-electron chi connectivity index (χ3n) is 11.3. The third-order valence-corrected chi connectivity index (χ3v) is 11.3. The fraction of sp³-hybridized carbons (Fsp3) is 0.409. The van der Waals surface area contributed by atoms with E-state index in [2.05, 4.69) is 52.9 Å². The second kappa shape index (κ2) is 16.7. The molecule has 0 spiro atoms. The maximum Gasteiger partial charge on any atom is 0.337 e. The fourth-order valence-electron chi connectivity index (χ4n) is 8.23. The Balaban J connectivity index is 1.09. The normalized spacial score (nSPS) is 18.1. The predicted molar refractivity (Wildman–Crippen MR) is 213 cm³/mol. The summed E-state index contributed by atoms with van der Waals surface area (Å²) in [4.78, 5) is 49.2. The van der Waals surface area contributed by atoms with Gasteiger partial charge in [-0.2, -0.15) is 0 Å². The average molecular weight is 748 g/mol. The molecule has 0 unspecified atom stereocenters. The van der Waals surface area contributed by atoms with Gasteiger partial charge in [-0.25, -0.2) is 18.7 Å². The molecule has 0 N–H and O–H groups in total. The number of methoxy groups -OCH3 is 1. The van der Waals surface area contributed by atoms with Crippen molar-refractivity contribution in [3.05, 3.63) is 117 Å². The first-order valence-electron chi connectivity index (χ1n) is 19.4. The van der Waals surface area contributed by atoms with Crippen LogP contribution in [-0.2, 0) is 17.8 Å². The van der Waals surface area contributed by atoms with Crippen molar-refractivity contribution in [2.75, 3.05) is 33.3 Å². The number of aromatic nitrogens is 3. The quantitative estimate of drug-likeness (QED) is 0.104. The van der Waals surface area contributed by atoms with E-state index >= 15 is 0 Å². The van der Waals surface area contributed by atoms with Gasteiger partial charge in [0.1, 0.15) is 5.82 Å². The summed E-state index contributed by atoms with van der Waals surface area (Å²) in [5.41, 5.74) is 3.94. The molecule has 1 saturated carbocycles. The van der Waals surface area contributed by atoms with Crippen LogP contribution in [0.2, 0.25) is 0 Å². The van der Waals surface area contributed by atoms with Gasteiger partial charge in [-0.05, 0) is 111 Å². The number of carbonyl (C=O) groups excluding carboxylic acids is 1. The van der Waals surface area contributed by atoms with E-state index in [-0.39, 0.29) is 17.1 Å². The summed E-state index contributed by atoms with van der Waals surface area (Å²) < 4.78 is 28.1. The molecule has 0 bridgehead atoms. The highest BCUT2D eigenvalue weighted by Gasteiger charge is 2.28. The second-order valence-corrected chi connectivity index (χ2v) is 15.3. The van der Waals surface area contributed by atoms with Gasteiger partial charge in [0.05, 0.1) is 24.4 Å². The molecule has 1 aliphatic heterocycles. The van der Waals surface area contributed by atoms with Gasteiger partial charge >= 0.3 is 11.7 Å². The Kier molecular flexibility index (Phi) is 11.6. The maximum atomic E-state index is 14.6. The number of esters is 1. The molecular weight excluding hydrogens is 698 g/mol.